The van der Waals surface area contributed by atoms with E-state index in [-0.39, 0.29) is 38.6 Å². The molecule has 0 nitrogen and oxygen atoms in total. The molecule has 2 aromatic carbocycles. The van der Waals surface area contributed by atoms with Crippen molar-refractivity contribution < 1.29 is 26.2 Å². The predicted molar refractivity (Wildman–Crippen MR) is 88.5 cm³/mol. The monoisotopic (exact) mass is 368 g/mol. The third-order valence-corrected chi connectivity index (χ3v) is 3.10. The predicted octanol–water partition coefficient (Wildman–Crippen LogP) is 5.92. The number of hydrogen-bond acceptors (Lipinski definition) is 0. The van der Waals surface area contributed by atoms with Gasteiger partial charge in [-0.15, -0.1) is 12.4 Å². The quantitative estimate of drug-likeness (QED) is 0.554. The number of hydrogen-bond donors (Lipinski definition) is 0. The molecule has 20 heavy (non-hydrogen) atoms. The maximum Gasteiger partial charge on any atom is 2.00 e. The first-order valence-corrected chi connectivity index (χ1v) is 7.28. The van der Waals surface area contributed by atoms with Gasteiger partial charge in [-0.05, 0) is 0 Å². The van der Waals surface area contributed by atoms with Crippen LogP contribution in [0.3, 0.4) is 0 Å². The first-order valence-electron chi connectivity index (χ1n) is 7.28. The standard InChI is InChI=1S/2C9H13.ClH.Zr/c2*1-2-3-6-9-7-4-5-8-9;;/h2*4-5,7-8H,2-3,6H2,1H3;1H;/q2*-1;;+2. The van der Waals surface area contributed by atoms with Gasteiger partial charge in [-0.3, -0.25) is 0 Å². The second kappa shape index (κ2) is 15.3. The summed E-state index contributed by atoms with van der Waals surface area (Å²) >= 11 is 0. The Hall–Kier alpha value is -0.127. The molecular weight excluding hydrogens is 343 g/mol. The average molecular weight is 370 g/mol. The number of unbranched alkanes of at least 4 members (excludes halogenated alkanes) is 2. The van der Waals surface area contributed by atoms with Crippen molar-refractivity contribution in [2.75, 3.05) is 0 Å². The summed E-state index contributed by atoms with van der Waals surface area (Å²) in [5, 5.41) is 0. The summed E-state index contributed by atoms with van der Waals surface area (Å²) in [4.78, 5) is 0. The molecule has 2 rings (SSSR count). The van der Waals surface area contributed by atoms with Crippen molar-refractivity contribution in [1.29, 1.82) is 0 Å². The second-order valence-electron chi connectivity index (χ2n) is 4.79. The Labute approximate surface area is 150 Å². The topological polar surface area (TPSA) is 0 Å². The summed E-state index contributed by atoms with van der Waals surface area (Å²) in [6, 6.07) is 17.2. The molecule has 0 aromatic heterocycles. The molecule has 0 radical (unpaired) electrons. The van der Waals surface area contributed by atoms with E-state index in [2.05, 4.69) is 62.4 Å². The largest absolute Gasteiger partial charge is 2.00 e. The molecule has 0 aliphatic rings. The zero-order chi connectivity index (χ0) is 13.1. The Balaban J connectivity index is 0. The first-order chi connectivity index (χ1) is 8.86. The molecule has 110 valence electrons. The van der Waals surface area contributed by atoms with Gasteiger partial charge < -0.3 is 0 Å². The maximum absolute atomic E-state index is 2.23. The maximum atomic E-state index is 2.23. The third kappa shape index (κ3) is 10.6. The van der Waals surface area contributed by atoms with Crippen LogP contribution in [0.2, 0.25) is 0 Å². The van der Waals surface area contributed by atoms with Crippen molar-refractivity contribution in [1.82, 2.24) is 0 Å². The van der Waals surface area contributed by atoms with Gasteiger partial charge in [-0.1, -0.05) is 52.4 Å². The summed E-state index contributed by atoms with van der Waals surface area (Å²) in [5.41, 5.74) is 2.97. The minimum atomic E-state index is 0. The van der Waals surface area contributed by atoms with E-state index in [9.17, 15) is 0 Å². The van der Waals surface area contributed by atoms with E-state index >= 15 is 0 Å². The van der Waals surface area contributed by atoms with Crippen LogP contribution < -0.4 is 0 Å². The summed E-state index contributed by atoms with van der Waals surface area (Å²) in [7, 11) is 0. The third-order valence-electron chi connectivity index (χ3n) is 3.10. The first kappa shape index (κ1) is 22.2. The van der Waals surface area contributed by atoms with Gasteiger partial charge in [0.2, 0.25) is 0 Å². The SMILES string of the molecule is CCCC[c-]1cccc1.CCCC[c-]1cccc1.Cl.[Zr+2]. The van der Waals surface area contributed by atoms with E-state index in [1.807, 2.05) is 0 Å². The molecule has 2 aromatic rings. The zero-order valence-corrected chi connectivity index (χ0v) is 16.0. The van der Waals surface area contributed by atoms with Crippen LogP contribution in [0, 0.1) is 0 Å². The summed E-state index contributed by atoms with van der Waals surface area (Å²) in [6.07, 6.45) is 7.75. The van der Waals surface area contributed by atoms with Crippen LogP contribution in [-0.4, -0.2) is 0 Å². The van der Waals surface area contributed by atoms with Gasteiger partial charge >= 0.3 is 26.2 Å². The van der Waals surface area contributed by atoms with E-state index in [0.717, 1.165) is 0 Å². The van der Waals surface area contributed by atoms with Crippen molar-refractivity contribution in [2.45, 2.75) is 52.4 Å². The average Bonchev–Trinajstić information content (AvgIpc) is 3.07. The molecule has 0 saturated heterocycles. The van der Waals surface area contributed by atoms with E-state index in [1.165, 1.54) is 49.7 Å². The molecular formula is C18H27ClZr. The van der Waals surface area contributed by atoms with Crippen molar-refractivity contribution in [3.05, 3.63) is 59.7 Å². The fourth-order valence-electron chi connectivity index (χ4n) is 1.92. The van der Waals surface area contributed by atoms with Gasteiger partial charge in [-0.2, -0.15) is 35.4 Å². The molecule has 0 aliphatic heterocycles. The molecule has 0 saturated carbocycles. The minimum absolute atomic E-state index is 0. The van der Waals surface area contributed by atoms with Crippen molar-refractivity contribution in [3.63, 3.8) is 0 Å². The Bertz CT molecular complexity index is 324. The molecule has 0 unspecified atom stereocenters. The summed E-state index contributed by atoms with van der Waals surface area (Å²) in [5.74, 6) is 0. The Morgan fingerprint density at radius 1 is 0.650 bits per heavy atom. The molecule has 0 bridgehead atoms. The molecule has 0 heterocycles. The molecule has 0 aliphatic carbocycles. The Morgan fingerprint density at radius 3 is 1.20 bits per heavy atom. The summed E-state index contributed by atoms with van der Waals surface area (Å²) in [6.45, 7) is 4.45. The van der Waals surface area contributed by atoms with Crippen molar-refractivity contribution in [3.8, 4) is 0 Å². The molecule has 0 atom stereocenters. The van der Waals surface area contributed by atoms with Gasteiger partial charge in [0.05, 0.1) is 0 Å². The van der Waals surface area contributed by atoms with Gasteiger partial charge in [-0.25, -0.2) is 24.3 Å². The molecule has 2 heteroatoms. The normalized spacial score (nSPS) is 8.90. The number of halogens is 1. The van der Waals surface area contributed by atoms with Gasteiger partial charge in [0, 0.05) is 0 Å². The van der Waals surface area contributed by atoms with E-state index in [1.54, 1.807) is 0 Å². The molecule has 0 fully saturated rings. The van der Waals surface area contributed by atoms with E-state index in [4.69, 9.17) is 0 Å². The van der Waals surface area contributed by atoms with Crippen LogP contribution in [0.25, 0.3) is 0 Å². The number of rotatable bonds is 6. The Kier molecular flexibility index (Phi) is 16.9. The van der Waals surface area contributed by atoms with Crippen LogP contribution >= 0.6 is 12.4 Å². The van der Waals surface area contributed by atoms with Crippen molar-refractivity contribution in [2.24, 2.45) is 0 Å². The van der Waals surface area contributed by atoms with Gasteiger partial charge in [0.25, 0.3) is 0 Å². The van der Waals surface area contributed by atoms with Crippen LogP contribution in [-0.2, 0) is 39.0 Å². The fraction of sp³-hybridized carbons (Fsp3) is 0.444. The van der Waals surface area contributed by atoms with Crippen LogP contribution in [0.4, 0.5) is 0 Å². The van der Waals surface area contributed by atoms with E-state index < -0.39 is 0 Å². The van der Waals surface area contributed by atoms with E-state index in [0.29, 0.717) is 0 Å². The second-order valence-corrected chi connectivity index (χ2v) is 4.79. The molecule has 0 amide bonds. The molecule has 0 N–H and O–H groups in total. The van der Waals surface area contributed by atoms with Crippen LogP contribution in [0.5, 0.6) is 0 Å². The van der Waals surface area contributed by atoms with Crippen LogP contribution in [0.15, 0.2) is 48.5 Å². The number of aryl methyl sites for hydroxylation is 2. The minimum Gasteiger partial charge on any atom is -0.213 e. The smallest absolute Gasteiger partial charge is 0.213 e. The van der Waals surface area contributed by atoms with Crippen LogP contribution in [0.1, 0.15) is 50.7 Å². The molecule has 0 spiro atoms. The van der Waals surface area contributed by atoms with Crippen molar-refractivity contribution >= 4 is 12.4 Å². The fourth-order valence-corrected chi connectivity index (χ4v) is 1.92. The summed E-state index contributed by atoms with van der Waals surface area (Å²) < 4.78 is 0. The van der Waals surface area contributed by atoms with Gasteiger partial charge in [0.1, 0.15) is 0 Å². The van der Waals surface area contributed by atoms with Gasteiger partial charge in [0.15, 0.2) is 0 Å². The Morgan fingerprint density at radius 2 is 0.950 bits per heavy atom. The zero-order valence-electron chi connectivity index (χ0n) is 12.8.